The number of rotatable bonds is 6. The molecule has 3 amide bonds. The van der Waals surface area contributed by atoms with Crippen molar-refractivity contribution in [2.24, 2.45) is 5.92 Å². The molecule has 12 heteroatoms. The van der Waals surface area contributed by atoms with Gasteiger partial charge in [-0.15, -0.1) is 0 Å². The number of hydrogen-bond acceptors (Lipinski definition) is 9. The molecule has 2 fully saturated rings. The molecule has 6 rings (SSSR count). The van der Waals surface area contributed by atoms with Crippen molar-refractivity contribution in [1.29, 1.82) is 0 Å². The van der Waals surface area contributed by atoms with Gasteiger partial charge in [0.15, 0.2) is 0 Å². The van der Waals surface area contributed by atoms with E-state index in [0.717, 1.165) is 22.6 Å². The molecule has 3 atom stereocenters. The lowest BCUT2D eigenvalue weighted by Gasteiger charge is -2.31. The molecule has 41 heavy (non-hydrogen) atoms. The summed E-state index contributed by atoms with van der Waals surface area (Å²) < 4.78 is 12.1. The van der Waals surface area contributed by atoms with Gasteiger partial charge in [0.05, 0.1) is 37.0 Å². The summed E-state index contributed by atoms with van der Waals surface area (Å²) in [7, 11) is 5.45. The van der Waals surface area contributed by atoms with E-state index in [9.17, 15) is 19.2 Å². The number of anilines is 2. The second kappa shape index (κ2) is 11.0. The van der Waals surface area contributed by atoms with Gasteiger partial charge in [-0.25, -0.2) is 4.90 Å². The van der Waals surface area contributed by atoms with E-state index in [2.05, 4.69) is 0 Å². The Morgan fingerprint density at radius 1 is 1.00 bits per heavy atom. The third kappa shape index (κ3) is 4.83. The fourth-order valence-electron chi connectivity index (χ4n) is 5.63. The van der Waals surface area contributed by atoms with Crippen molar-refractivity contribution in [3.8, 4) is 5.75 Å². The molecule has 4 heterocycles. The molecule has 0 radical (unpaired) electrons. The third-order valence-electron chi connectivity index (χ3n) is 7.81. The van der Waals surface area contributed by atoms with E-state index in [-0.39, 0.29) is 29.1 Å². The molecular formula is C29H30N4O6S2. The number of thioether (sulfide) groups is 1. The van der Waals surface area contributed by atoms with Crippen LogP contribution in [0.1, 0.15) is 16.4 Å². The number of morpholine rings is 1. The van der Waals surface area contributed by atoms with Gasteiger partial charge in [0.1, 0.15) is 17.5 Å². The number of nitrogens with zero attached hydrogens (tertiary/aromatic N) is 4. The first-order valence-corrected chi connectivity index (χ1v) is 15.0. The Hall–Kier alpha value is -3.61. The molecule has 3 aliphatic heterocycles. The summed E-state index contributed by atoms with van der Waals surface area (Å²) in [5.74, 6) is -1.39. The highest BCUT2D eigenvalue weighted by atomic mass is 32.2. The second-order valence-electron chi connectivity index (χ2n) is 10.4. The van der Waals surface area contributed by atoms with Crippen molar-refractivity contribution in [2.45, 2.75) is 22.7 Å². The first-order valence-electron chi connectivity index (χ1n) is 13.3. The number of carbonyl (C=O) groups is 3. The quantitative estimate of drug-likeness (QED) is 0.402. The molecule has 2 saturated heterocycles. The van der Waals surface area contributed by atoms with Crippen molar-refractivity contribution < 1.29 is 23.9 Å². The molecule has 0 saturated carbocycles. The summed E-state index contributed by atoms with van der Waals surface area (Å²) in [4.78, 5) is 59.8. The monoisotopic (exact) mass is 594 g/mol. The van der Waals surface area contributed by atoms with E-state index >= 15 is 0 Å². The predicted octanol–water partition coefficient (Wildman–Crippen LogP) is 2.64. The molecule has 3 aliphatic rings. The van der Waals surface area contributed by atoms with Crippen LogP contribution in [0.2, 0.25) is 0 Å². The van der Waals surface area contributed by atoms with Crippen LogP contribution < -0.4 is 19.4 Å². The first kappa shape index (κ1) is 27.6. The fraction of sp³-hybridized carbons (Fsp3) is 0.379. The zero-order chi connectivity index (χ0) is 28.8. The SMILES string of the molecule is COc1ccc(N2C(=O)C3Sc4c(sc(=O)n4CC(=O)N4CCOCC4)C(c4ccc(N(C)C)cc4)C3C2=O)cc1. The Balaban J connectivity index is 1.42. The molecule has 2 aromatic carbocycles. The van der Waals surface area contributed by atoms with Gasteiger partial charge in [-0.2, -0.15) is 0 Å². The van der Waals surface area contributed by atoms with Crippen LogP contribution in [0.4, 0.5) is 11.4 Å². The fourth-order valence-corrected chi connectivity index (χ4v) is 8.40. The van der Waals surface area contributed by atoms with Gasteiger partial charge in [-0.3, -0.25) is 23.7 Å². The average molecular weight is 595 g/mol. The number of fused-ring (bicyclic) bond motifs is 2. The van der Waals surface area contributed by atoms with Crippen LogP contribution in [0.15, 0.2) is 58.4 Å². The largest absolute Gasteiger partial charge is 0.497 e. The maximum Gasteiger partial charge on any atom is 0.308 e. The predicted molar refractivity (Wildman–Crippen MR) is 157 cm³/mol. The van der Waals surface area contributed by atoms with Crippen LogP contribution in [0.5, 0.6) is 5.75 Å². The first-order chi connectivity index (χ1) is 19.8. The van der Waals surface area contributed by atoms with E-state index in [0.29, 0.717) is 47.6 Å². The normalized spacial score (nSPS) is 22.0. The summed E-state index contributed by atoms with van der Waals surface area (Å²) >= 11 is 2.28. The Kier molecular flexibility index (Phi) is 7.39. The van der Waals surface area contributed by atoms with Gasteiger partial charge in [0.2, 0.25) is 17.7 Å². The smallest absolute Gasteiger partial charge is 0.308 e. The number of imide groups is 1. The molecule has 0 spiro atoms. The molecule has 3 aromatic rings. The molecular weight excluding hydrogens is 564 g/mol. The lowest BCUT2D eigenvalue weighted by molar-refractivity contribution is -0.136. The van der Waals surface area contributed by atoms with Gasteiger partial charge < -0.3 is 19.3 Å². The van der Waals surface area contributed by atoms with E-state index in [1.54, 1.807) is 36.3 Å². The number of carbonyl (C=O) groups excluding carboxylic acids is 3. The number of aromatic nitrogens is 1. The van der Waals surface area contributed by atoms with E-state index in [1.807, 2.05) is 43.3 Å². The van der Waals surface area contributed by atoms with Crippen LogP contribution in [0.25, 0.3) is 0 Å². The van der Waals surface area contributed by atoms with Crippen LogP contribution >= 0.6 is 23.1 Å². The minimum atomic E-state index is -0.741. The van der Waals surface area contributed by atoms with Gasteiger partial charge >= 0.3 is 4.87 Å². The van der Waals surface area contributed by atoms with Gasteiger partial charge in [-0.05, 0) is 42.0 Å². The highest BCUT2D eigenvalue weighted by Gasteiger charge is 2.56. The van der Waals surface area contributed by atoms with Gasteiger partial charge in [0, 0.05) is 43.7 Å². The standard InChI is InChI=1S/C29H30N4O6S2/c1-30(2)18-6-4-17(5-7-18)22-23-24(27(36)33(26(23)35)19-8-10-20(38-3)11-9-19)40-28-25(22)41-29(37)32(28)16-21(34)31-12-14-39-15-13-31/h4-11,22-24H,12-16H2,1-3H3. The zero-order valence-electron chi connectivity index (χ0n) is 22.9. The number of benzene rings is 2. The minimum Gasteiger partial charge on any atom is -0.497 e. The van der Waals surface area contributed by atoms with Crippen molar-refractivity contribution in [3.05, 3.63) is 68.6 Å². The van der Waals surface area contributed by atoms with Gasteiger partial charge in [-0.1, -0.05) is 35.2 Å². The summed E-state index contributed by atoms with van der Waals surface area (Å²) in [6.45, 7) is 1.75. The number of amides is 3. The zero-order valence-corrected chi connectivity index (χ0v) is 24.6. The van der Waals surface area contributed by atoms with Crippen LogP contribution in [-0.4, -0.2) is 79.9 Å². The Morgan fingerprint density at radius 2 is 1.68 bits per heavy atom. The van der Waals surface area contributed by atoms with Crippen molar-refractivity contribution >= 4 is 52.2 Å². The maximum absolute atomic E-state index is 14.0. The Morgan fingerprint density at radius 3 is 2.32 bits per heavy atom. The van der Waals surface area contributed by atoms with Crippen LogP contribution in [0.3, 0.4) is 0 Å². The average Bonchev–Trinajstić information content (AvgIpc) is 3.43. The second-order valence-corrected chi connectivity index (χ2v) is 12.5. The number of thiazole rings is 1. The summed E-state index contributed by atoms with van der Waals surface area (Å²) in [5.41, 5.74) is 2.31. The van der Waals surface area contributed by atoms with Crippen molar-refractivity contribution in [3.63, 3.8) is 0 Å². The highest BCUT2D eigenvalue weighted by Crippen LogP contribution is 2.54. The lowest BCUT2D eigenvalue weighted by atomic mass is 9.83. The summed E-state index contributed by atoms with van der Waals surface area (Å²) in [6.07, 6.45) is 0. The lowest BCUT2D eigenvalue weighted by Crippen LogP contribution is -2.43. The van der Waals surface area contributed by atoms with E-state index in [4.69, 9.17) is 9.47 Å². The topological polar surface area (TPSA) is 101 Å². The number of hydrogen-bond donors (Lipinski definition) is 0. The van der Waals surface area contributed by atoms with E-state index in [1.165, 1.54) is 21.2 Å². The van der Waals surface area contributed by atoms with Crippen molar-refractivity contribution in [2.75, 3.05) is 57.3 Å². The van der Waals surface area contributed by atoms with Crippen LogP contribution in [0, 0.1) is 5.92 Å². The molecule has 214 valence electrons. The maximum atomic E-state index is 14.0. The summed E-state index contributed by atoms with van der Waals surface area (Å²) in [6, 6.07) is 14.7. The third-order valence-corrected chi connectivity index (χ3v) is 10.4. The number of ether oxygens (including phenoxy) is 2. The highest BCUT2D eigenvalue weighted by molar-refractivity contribution is 8.00. The van der Waals surface area contributed by atoms with Crippen molar-refractivity contribution in [1.82, 2.24) is 9.47 Å². The minimum absolute atomic E-state index is 0.119. The molecule has 3 unspecified atom stereocenters. The molecule has 0 N–H and O–H groups in total. The van der Waals surface area contributed by atoms with Gasteiger partial charge in [0.25, 0.3) is 0 Å². The Labute approximate surface area is 245 Å². The molecule has 0 bridgehead atoms. The summed E-state index contributed by atoms with van der Waals surface area (Å²) in [5, 5.41) is -0.156. The van der Waals surface area contributed by atoms with Crippen LogP contribution in [-0.2, 0) is 25.7 Å². The van der Waals surface area contributed by atoms with E-state index < -0.39 is 17.1 Å². The Bertz CT molecular complexity index is 1540. The molecule has 10 nitrogen and oxygen atoms in total. The number of methoxy groups -OCH3 is 1. The molecule has 1 aromatic heterocycles. The molecule has 0 aliphatic carbocycles.